The Morgan fingerprint density at radius 3 is 2.86 bits per heavy atom. The average Bonchev–Trinajstić information content (AvgIpc) is 2.94. The SMILES string of the molecule is Cc1nnc(N2C(=O)CC(Sc3cccc(N)c3)C2=O)s1. The summed E-state index contributed by atoms with van der Waals surface area (Å²) in [7, 11) is 0. The van der Waals surface area contributed by atoms with E-state index in [1.54, 1.807) is 19.1 Å². The van der Waals surface area contributed by atoms with Crippen molar-refractivity contribution in [3.8, 4) is 0 Å². The van der Waals surface area contributed by atoms with Gasteiger partial charge in [0.25, 0.3) is 0 Å². The van der Waals surface area contributed by atoms with E-state index in [1.807, 2.05) is 12.1 Å². The number of hydrogen-bond acceptors (Lipinski definition) is 7. The number of amides is 2. The number of nitrogens with zero attached hydrogens (tertiary/aromatic N) is 3. The Bertz CT molecular complexity index is 716. The maximum absolute atomic E-state index is 12.4. The summed E-state index contributed by atoms with van der Waals surface area (Å²) in [6.45, 7) is 1.78. The number of hydrogen-bond donors (Lipinski definition) is 1. The van der Waals surface area contributed by atoms with Crippen LogP contribution in [0.5, 0.6) is 0 Å². The van der Waals surface area contributed by atoms with Crippen LogP contribution in [0.4, 0.5) is 10.8 Å². The van der Waals surface area contributed by atoms with E-state index < -0.39 is 5.25 Å². The first-order chi connectivity index (χ1) is 10.0. The van der Waals surface area contributed by atoms with Crippen molar-refractivity contribution in [2.24, 2.45) is 0 Å². The average molecular weight is 320 g/mol. The maximum Gasteiger partial charge on any atom is 0.249 e. The quantitative estimate of drug-likeness (QED) is 0.686. The summed E-state index contributed by atoms with van der Waals surface area (Å²) in [4.78, 5) is 26.5. The zero-order chi connectivity index (χ0) is 15.0. The molecule has 1 aromatic heterocycles. The second-order valence-electron chi connectivity index (χ2n) is 4.55. The molecule has 1 unspecified atom stereocenters. The van der Waals surface area contributed by atoms with Gasteiger partial charge in [0.1, 0.15) is 5.01 Å². The highest BCUT2D eigenvalue weighted by molar-refractivity contribution is 8.00. The van der Waals surface area contributed by atoms with E-state index in [4.69, 9.17) is 5.73 Å². The predicted octanol–water partition coefficient (Wildman–Crippen LogP) is 1.85. The smallest absolute Gasteiger partial charge is 0.249 e. The predicted molar refractivity (Wildman–Crippen MR) is 82.3 cm³/mol. The molecule has 108 valence electrons. The number of carbonyl (C=O) groups is 2. The van der Waals surface area contributed by atoms with Gasteiger partial charge in [-0.1, -0.05) is 17.4 Å². The van der Waals surface area contributed by atoms with Crippen LogP contribution < -0.4 is 10.6 Å². The Balaban J connectivity index is 1.80. The minimum Gasteiger partial charge on any atom is -0.399 e. The van der Waals surface area contributed by atoms with Crippen molar-refractivity contribution in [2.45, 2.75) is 23.5 Å². The minimum absolute atomic E-state index is 0.164. The normalized spacial score (nSPS) is 18.5. The van der Waals surface area contributed by atoms with Gasteiger partial charge in [-0.15, -0.1) is 22.0 Å². The fourth-order valence-electron chi connectivity index (χ4n) is 2.03. The van der Waals surface area contributed by atoms with Crippen LogP contribution >= 0.6 is 23.1 Å². The third-order valence-electron chi connectivity index (χ3n) is 2.95. The molecule has 6 nitrogen and oxygen atoms in total. The summed E-state index contributed by atoms with van der Waals surface area (Å²) >= 11 is 2.58. The molecule has 0 radical (unpaired) electrons. The summed E-state index contributed by atoms with van der Waals surface area (Å²) < 4.78 is 0. The number of aromatic nitrogens is 2. The highest BCUT2D eigenvalue weighted by Crippen LogP contribution is 2.35. The molecule has 1 aromatic carbocycles. The number of aryl methyl sites for hydroxylation is 1. The fourth-order valence-corrected chi connectivity index (χ4v) is 3.86. The van der Waals surface area contributed by atoms with Gasteiger partial charge in [-0.05, 0) is 25.1 Å². The molecule has 1 saturated heterocycles. The monoisotopic (exact) mass is 320 g/mol. The van der Waals surface area contributed by atoms with E-state index in [1.165, 1.54) is 23.1 Å². The van der Waals surface area contributed by atoms with E-state index in [0.29, 0.717) is 10.8 Å². The third kappa shape index (κ3) is 2.77. The number of nitrogen functional groups attached to an aromatic ring is 1. The highest BCUT2D eigenvalue weighted by atomic mass is 32.2. The van der Waals surface area contributed by atoms with Crippen molar-refractivity contribution < 1.29 is 9.59 Å². The van der Waals surface area contributed by atoms with E-state index in [-0.39, 0.29) is 18.2 Å². The van der Waals surface area contributed by atoms with Crippen LogP contribution in [-0.4, -0.2) is 27.3 Å². The van der Waals surface area contributed by atoms with Crippen LogP contribution in [0, 0.1) is 6.92 Å². The van der Waals surface area contributed by atoms with Gasteiger partial charge in [0.2, 0.25) is 16.9 Å². The molecule has 0 saturated carbocycles. The number of anilines is 2. The maximum atomic E-state index is 12.4. The second-order valence-corrected chi connectivity index (χ2v) is 6.99. The van der Waals surface area contributed by atoms with Crippen molar-refractivity contribution in [1.82, 2.24) is 10.2 Å². The van der Waals surface area contributed by atoms with Gasteiger partial charge in [-0.2, -0.15) is 0 Å². The fraction of sp³-hybridized carbons (Fsp3) is 0.231. The third-order valence-corrected chi connectivity index (χ3v) is 4.95. The first-order valence-corrected chi connectivity index (χ1v) is 7.93. The van der Waals surface area contributed by atoms with Crippen LogP contribution in [0.25, 0.3) is 0 Å². The van der Waals surface area contributed by atoms with Crippen LogP contribution in [0.1, 0.15) is 11.4 Å². The van der Waals surface area contributed by atoms with Gasteiger partial charge < -0.3 is 5.73 Å². The lowest BCUT2D eigenvalue weighted by atomic mass is 10.3. The van der Waals surface area contributed by atoms with Crippen molar-refractivity contribution in [1.29, 1.82) is 0 Å². The largest absolute Gasteiger partial charge is 0.399 e. The van der Waals surface area contributed by atoms with Crippen molar-refractivity contribution in [3.63, 3.8) is 0 Å². The molecular weight excluding hydrogens is 308 g/mol. The summed E-state index contributed by atoms with van der Waals surface area (Å²) in [5.41, 5.74) is 6.36. The molecule has 2 aromatic rings. The van der Waals surface area contributed by atoms with Crippen LogP contribution in [-0.2, 0) is 9.59 Å². The van der Waals surface area contributed by atoms with Crippen LogP contribution in [0.2, 0.25) is 0 Å². The second kappa shape index (κ2) is 5.45. The molecule has 0 bridgehead atoms. The Kier molecular flexibility index (Phi) is 3.64. The number of imide groups is 1. The van der Waals surface area contributed by atoms with E-state index in [0.717, 1.165) is 14.8 Å². The lowest BCUT2D eigenvalue weighted by Crippen LogP contribution is -2.31. The molecule has 1 atom stereocenters. The molecule has 1 aliphatic rings. The summed E-state index contributed by atoms with van der Waals surface area (Å²) in [5.74, 6) is -0.485. The molecule has 1 fully saturated rings. The number of rotatable bonds is 3. The van der Waals surface area contributed by atoms with E-state index in [9.17, 15) is 9.59 Å². The Morgan fingerprint density at radius 1 is 1.38 bits per heavy atom. The number of thioether (sulfide) groups is 1. The lowest BCUT2D eigenvalue weighted by molar-refractivity contribution is -0.121. The molecule has 3 rings (SSSR count). The standard InChI is InChI=1S/C13H12N4O2S2/c1-7-15-16-13(20-7)17-11(18)6-10(12(17)19)21-9-4-2-3-8(14)5-9/h2-5,10H,6,14H2,1H3. The van der Waals surface area contributed by atoms with Crippen LogP contribution in [0.3, 0.4) is 0 Å². The van der Waals surface area contributed by atoms with Crippen molar-refractivity contribution in [2.75, 3.05) is 10.6 Å². The molecule has 2 N–H and O–H groups in total. The molecule has 1 aliphatic heterocycles. The summed E-state index contributed by atoms with van der Waals surface area (Å²) in [6, 6.07) is 7.27. The molecule has 2 heterocycles. The molecule has 0 spiro atoms. The number of benzene rings is 1. The molecule has 21 heavy (non-hydrogen) atoms. The summed E-state index contributed by atoms with van der Waals surface area (Å²) in [6.07, 6.45) is 0.164. The number of nitrogens with two attached hydrogens (primary N) is 1. The minimum atomic E-state index is -0.441. The van der Waals surface area contributed by atoms with Gasteiger partial charge in [0.05, 0.1) is 5.25 Å². The van der Waals surface area contributed by atoms with Gasteiger partial charge in [-0.3, -0.25) is 9.59 Å². The van der Waals surface area contributed by atoms with Gasteiger partial charge in [0, 0.05) is 17.0 Å². The molecule has 0 aliphatic carbocycles. The van der Waals surface area contributed by atoms with Crippen LogP contribution in [0.15, 0.2) is 29.2 Å². The molecular formula is C13H12N4O2S2. The zero-order valence-electron chi connectivity index (χ0n) is 11.1. The Hall–Kier alpha value is -1.93. The van der Waals surface area contributed by atoms with Gasteiger partial charge in [-0.25, -0.2) is 4.90 Å². The van der Waals surface area contributed by atoms with E-state index in [2.05, 4.69) is 10.2 Å². The highest BCUT2D eigenvalue weighted by Gasteiger charge is 2.41. The number of carbonyl (C=O) groups excluding carboxylic acids is 2. The first-order valence-electron chi connectivity index (χ1n) is 6.23. The van der Waals surface area contributed by atoms with E-state index >= 15 is 0 Å². The van der Waals surface area contributed by atoms with Crippen molar-refractivity contribution >= 4 is 45.7 Å². The molecule has 8 heteroatoms. The summed E-state index contributed by atoms with van der Waals surface area (Å²) in [5, 5.41) is 8.35. The van der Waals surface area contributed by atoms with Crippen molar-refractivity contribution in [3.05, 3.63) is 29.3 Å². The lowest BCUT2D eigenvalue weighted by Gasteiger charge is -2.10. The zero-order valence-corrected chi connectivity index (χ0v) is 12.8. The Labute approximate surface area is 129 Å². The van der Waals surface area contributed by atoms with Gasteiger partial charge >= 0.3 is 0 Å². The topological polar surface area (TPSA) is 89.2 Å². The Morgan fingerprint density at radius 2 is 2.19 bits per heavy atom. The van der Waals surface area contributed by atoms with Gasteiger partial charge in [0.15, 0.2) is 0 Å². The first kappa shape index (κ1) is 14.0. The molecule has 2 amide bonds.